The molecule has 304 valence electrons. The van der Waals surface area contributed by atoms with E-state index in [0.29, 0.717) is 17.5 Å². The van der Waals surface area contributed by atoms with Crippen LogP contribution in [0.1, 0.15) is 0 Å². The van der Waals surface area contributed by atoms with Crippen molar-refractivity contribution in [3.63, 3.8) is 0 Å². The average molecular weight is 852 g/mol. The molecule has 0 fully saturated rings. The van der Waals surface area contributed by atoms with Crippen LogP contribution in [0.4, 0.5) is 4.39 Å². The van der Waals surface area contributed by atoms with E-state index in [1.807, 2.05) is 53.8 Å². The minimum absolute atomic E-state index is 0.270. The molecule has 0 spiro atoms. The van der Waals surface area contributed by atoms with Crippen LogP contribution in [0.5, 0.6) is 0 Å². The highest BCUT2D eigenvalue weighted by molar-refractivity contribution is 7.26. The third-order valence-electron chi connectivity index (χ3n) is 12.6. The zero-order valence-electron chi connectivity index (χ0n) is 34.7. The van der Waals surface area contributed by atoms with Crippen LogP contribution < -0.4 is 0 Å². The maximum atomic E-state index is 13.9. The first-order valence-corrected chi connectivity index (χ1v) is 22.4. The van der Waals surface area contributed by atoms with Crippen molar-refractivity contribution in [3.8, 4) is 67.5 Å². The standard InChI is InChI=1S/C59H34FN3OS/c60-46-27-24-37(25-28-46)43-26-29-52-51(33-43)55-49(16-7-17-53(55)64-52)59-62-57(61-58(63-59)45-23-20-35-8-1-2-9-39(35)31-45)44-13-5-12-40(30-44)36-18-21-38(22-19-36)47-14-6-15-48-50-32-41-10-3-4-11-42(41)34-54(50)65-56(47)48/h1-34H. The van der Waals surface area contributed by atoms with Crippen LogP contribution in [0.25, 0.3) is 131 Å². The number of nitrogens with zero attached hydrogens (tertiary/aromatic N) is 3. The number of aromatic nitrogens is 3. The van der Waals surface area contributed by atoms with E-state index in [9.17, 15) is 4.39 Å². The third kappa shape index (κ3) is 6.45. The Hall–Kier alpha value is -8.32. The van der Waals surface area contributed by atoms with E-state index in [4.69, 9.17) is 19.4 Å². The Bertz CT molecular complexity index is 4020. The second-order valence-corrected chi connectivity index (χ2v) is 17.6. The molecule has 4 nitrogen and oxygen atoms in total. The fourth-order valence-corrected chi connectivity index (χ4v) is 10.6. The Morgan fingerprint density at radius 2 is 0.938 bits per heavy atom. The number of halogens is 1. The minimum Gasteiger partial charge on any atom is -0.456 e. The van der Waals surface area contributed by atoms with Crippen LogP contribution in [0.15, 0.2) is 211 Å². The van der Waals surface area contributed by atoms with E-state index in [1.165, 1.54) is 54.2 Å². The molecule has 6 heteroatoms. The molecule has 0 N–H and O–H groups in total. The van der Waals surface area contributed by atoms with Gasteiger partial charge < -0.3 is 4.42 Å². The summed E-state index contributed by atoms with van der Waals surface area (Å²) >= 11 is 1.86. The highest BCUT2D eigenvalue weighted by Gasteiger charge is 2.19. The van der Waals surface area contributed by atoms with Crippen LogP contribution >= 0.6 is 11.3 Å². The molecular formula is C59H34FN3OS. The zero-order chi connectivity index (χ0) is 43.0. The van der Waals surface area contributed by atoms with E-state index in [0.717, 1.165) is 71.7 Å². The molecule has 0 saturated carbocycles. The lowest BCUT2D eigenvalue weighted by Crippen LogP contribution is -2.00. The van der Waals surface area contributed by atoms with Crippen molar-refractivity contribution >= 4 is 75.0 Å². The van der Waals surface area contributed by atoms with Gasteiger partial charge in [0, 0.05) is 47.6 Å². The summed E-state index contributed by atoms with van der Waals surface area (Å²) in [5.41, 5.74) is 10.5. The topological polar surface area (TPSA) is 51.8 Å². The number of hydrogen-bond donors (Lipinski definition) is 0. The van der Waals surface area contributed by atoms with Crippen molar-refractivity contribution in [2.24, 2.45) is 0 Å². The molecule has 0 saturated heterocycles. The fraction of sp³-hybridized carbons (Fsp3) is 0. The van der Waals surface area contributed by atoms with Gasteiger partial charge in [0.1, 0.15) is 17.0 Å². The van der Waals surface area contributed by atoms with Gasteiger partial charge in [-0.2, -0.15) is 0 Å². The maximum Gasteiger partial charge on any atom is 0.164 e. The molecule has 0 unspecified atom stereocenters. The Balaban J connectivity index is 0.920. The first-order valence-electron chi connectivity index (χ1n) is 21.6. The summed E-state index contributed by atoms with van der Waals surface area (Å²) in [6, 6.07) is 70.5. The molecule has 3 aromatic heterocycles. The van der Waals surface area contributed by atoms with Gasteiger partial charge in [0.25, 0.3) is 0 Å². The summed E-state index contributed by atoms with van der Waals surface area (Å²) in [5.74, 6) is 1.41. The Morgan fingerprint density at radius 3 is 1.74 bits per heavy atom. The molecule has 3 heterocycles. The van der Waals surface area contributed by atoms with E-state index < -0.39 is 0 Å². The van der Waals surface area contributed by atoms with Crippen LogP contribution in [0.2, 0.25) is 0 Å². The molecule has 65 heavy (non-hydrogen) atoms. The van der Waals surface area contributed by atoms with Gasteiger partial charge in [-0.3, -0.25) is 0 Å². The number of hydrogen-bond acceptors (Lipinski definition) is 5. The molecule has 0 aliphatic carbocycles. The van der Waals surface area contributed by atoms with E-state index >= 15 is 0 Å². The summed E-state index contributed by atoms with van der Waals surface area (Å²) in [5, 5.41) is 9.19. The summed E-state index contributed by atoms with van der Waals surface area (Å²) in [6.45, 7) is 0. The van der Waals surface area contributed by atoms with Crippen molar-refractivity contribution in [1.29, 1.82) is 0 Å². The smallest absolute Gasteiger partial charge is 0.164 e. The zero-order valence-corrected chi connectivity index (χ0v) is 35.5. The van der Waals surface area contributed by atoms with Crippen molar-refractivity contribution in [1.82, 2.24) is 15.0 Å². The summed E-state index contributed by atoms with van der Waals surface area (Å²) in [4.78, 5) is 15.6. The monoisotopic (exact) mass is 851 g/mol. The number of furan rings is 1. The first kappa shape index (κ1) is 37.3. The summed E-state index contributed by atoms with van der Waals surface area (Å²) < 4.78 is 22.9. The largest absolute Gasteiger partial charge is 0.456 e. The van der Waals surface area contributed by atoms with Gasteiger partial charge in [0.05, 0.1) is 0 Å². The van der Waals surface area contributed by atoms with Gasteiger partial charge in [-0.1, -0.05) is 152 Å². The highest BCUT2D eigenvalue weighted by atomic mass is 32.1. The van der Waals surface area contributed by atoms with E-state index in [-0.39, 0.29) is 5.82 Å². The number of rotatable bonds is 6. The lowest BCUT2D eigenvalue weighted by atomic mass is 9.98. The van der Waals surface area contributed by atoms with Gasteiger partial charge in [0.15, 0.2) is 17.5 Å². The number of thiophene rings is 1. The Morgan fingerprint density at radius 1 is 0.354 bits per heavy atom. The first-order chi connectivity index (χ1) is 32.1. The quantitative estimate of drug-likeness (QED) is 0.167. The molecule has 13 rings (SSSR count). The molecule has 13 aromatic rings. The van der Waals surface area contributed by atoms with Gasteiger partial charge in [-0.15, -0.1) is 11.3 Å². The highest BCUT2D eigenvalue weighted by Crippen LogP contribution is 2.43. The molecule has 0 amide bonds. The summed E-state index contributed by atoms with van der Waals surface area (Å²) in [7, 11) is 0. The summed E-state index contributed by atoms with van der Waals surface area (Å²) in [6.07, 6.45) is 0. The fourth-order valence-electron chi connectivity index (χ4n) is 9.31. The Kier molecular flexibility index (Phi) is 8.54. The predicted octanol–water partition coefficient (Wildman–Crippen LogP) is 16.6. The second kappa shape index (κ2) is 14.9. The van der Waals surface area contributed by atoms with Crippen molar-refractivity contribution in [2.45, 2.75) is 0 Å². The molecule has 0 radical (unpaired) electrons. The minimum atomic E-state index is -0.270. The van der Waals surface area contributed by atoms with Crippen LogP contribution in [-0.4, -0.2) is 15.0 Å². The van der Waals surface area contributed by atoms with Crippen LogP contribution in [0, 0.1) is 5.82 Å². The van der Waals surface area contributed by atoms with Gasteiger partial charge in [0.2, 0.25) is 0 Å². The lowest BCUT2D eigenvalue weighted by molar-refractivity contribution is 0.628. The lowest BCUT2D eigenvalue weighted by Gasteiger charge is -2.11. The molecular weight excluding hydrogens is 818 g/mol. The Labute approximate surface area is 376 Å². The second-order valence-electron chi connectivity index (χ2n) is 16.5. The number of fused-ring (bicyclic) bond motifs is 8. The maximum absolute atomic E-state index is 13.9. The predicted molar refractivity (Wildman–Crippen MR) is 268 cm³/mol. The molecule has 0 aliphatic heterocycles. The van der Waals surface area contributed by atoms with Gasteiger partial charge >= 0.3 is 0 Å². The van der Waals surface area contributed by atoms with Crippen LogP contribution in [0.3, 0.4) is 0 Å². The van der Waals surface area contributed by atoms with Crippen molar-refractivity contribution in [3.05, 3.63) is 212 Å². The average Bonchev–Trinajstić information content (AvgIpc) is 3.93. The number of benzene rings is 10. The van der Waals surface area contributed by atoms with E-state index in [1.54, 1.807) is 12.1 Å². The van der Waals surface area contributed by atoms with Gasteiger partial charge in [-0.05, 0) is 110 Å². The van der Waals surface area contributed by atoms with E-state index in [2.05, 4.69) is 140 Å². The van der Waals surface area contributed by atoms with Crippen molar-refractivity contribution in [2.75, 3.05) is 0 Å². The molecule has 10 aromatic carbocycles. The normalized spacial score (nSPS) is 11.8. The van der Waals surface area contributed by atoms with Gasteiger partial charge in [-0.25, -0.2) is 19.3 Å². The molecule has 0 bridgehead atoms. The molecule has 0 aliphatic rings. The van der Waals surface area contributed by atoms with Crippen LogP contribution in [-0.2, 0) is 0 Å². The van der Waals surface area contributed by atoms with Crippen molar-refractivity contribution < 1.29 is 8.81 Å². The third-order valence-corrected chi connectivity index (χ3v) is 13.8. The SMILES string of the molecule is Fc1ccc(-c2ccc3oc4cccc(-c5nc(-c6cccc(-c7ccc(-c8cccc9c8sc8cc%10ccccc%10cc89)cc7)c6)nc(-c6ccc7ccccc7c6)n5)c4c3c2)cc1. The molecule has 0 atom stereocenters.